The molecule has 12 heavy (non-hydrogen) atoms. The smallest absolute Gasteiger partial charge is 0.337 e. The number of carboxylic acid groups (broad SMARTS) is 1. The van der Waals surface area contributed by atoms with Gasteiger partial charge >= 0.3 is 11.9 Å². The second-order valence-electron chi connectivity index (χ2n) is 2.30. The van der Waals surface area contributed by atoms with Gasteiger partial charge in [-0.2, -0.15) is 0 Å². The van der Waals surface area contributed by atoms with Crippen molar-refractivity contribution < 1.29 is 24.2 Å². The first-order valence-corrected chi connectivity index (χ1v) is 3.37. The number of hydrogen-bond acceptors (Lipinski definition) is 4. The molecule has 0 saturated heterocycles. The minimum Gasteiger partial charge on any atom is -0.481 e. The number of aliphatic carboxylic acids is 1. The van der Waals surface area contributed by atoms with E-state index in [1.54, 1.807) is 0 Å². The van der Waals surface area contributed by atoms with E-state index in [9.17, 15) is 9.59 Å². The van der Waals surface area contributed by atoms with Crippen molar-refractivity contribution in [3.63, 3.8) is 0 Å². The van der Waals surface area contributed by atoms with Gasteiger partial charge in [-0.1, -0.05) is 0 Å². The summed E-state index contributed by atoms with van der Waals surface area (Å²) in [6.45, 7) is 1.52. The van der Waals surface area contributed by atoms with Gasteiger partial charge in [0.1, 0.15) is 12.2 Å². The van der Waals surface area contributed by atoms with Crippen LogP contribution in [0.2, 0.25) is 0 Å². The Morgan fingerprint density at radius 3 is 2.83 bits per heavy atom. The number of rotatable bonds is 2. The highest BCUT2D eigenvalue weighted by Crippen LogP contribution is 2.14. The lowest BCUT2D eigenvalue weighted by atomic mass is 10.3. The predicted molar refractivity (Wildman–Crippen MR) is 37.0 cm³/mol. The molecule has 0 aliphatic carbocycles. The Morgan fingerprint density at radius 2 is 2.33 bits per heavy atom. The standard InChI is InChI=1S/C7H8O5/c1-4-11-5(2-6(8)9)3-7(10)12-4/h3-4H,2H2,1H3,(H,8,9). The maximum atomic E-state index is 10.7. The Hall–Kier alpha value is -1.52. The summed E-state index contributed by atoms with van der Waals surface area (Å²) in [4.78, 5) is 20.9. The van der Waals surface area contributed by atoms with Crippen molar-refractivity contribution >= 4 is 11.9 Å². The molecule has 0 amide bonds. The molecule has 0 aromatic carbocycles. The van der Waals surface area contributed by atoms with E-state index in [-0.39, 0.29) is 12.2 Å². The molecule has 1 unspecified atom stereocenters. The third kappa shape index (κ3) is 2.26. The van der Waals surface area contributed by atoms with Crippen LogP contribution in [0.3, 0.4) is 0 Å². The van der Waals surface area contributed by atoms with Gasteiger partial charge in [-0.05, 0) is 0 Å². The van der Waals surface area contributed by atoms with Crippen LogP contribution in [0.4, 0.5) is 0 Å². The molecule has 0 aromatic heterocycles. The molecule has 0 saturated carbocycles. The molecule has 0 radical (unpaired) electrons. The second-order valence-corrected chi connectivity index (χ2v) is 2.30. The van der Waals surface area contributed by atoms with Gasteiger partial charge in [0.25, 0.3) is 0 Å². The summed E-state index contributed by atoms with van der Waals surface area (Å²) in [5, 5.41) is 8.37. The Balaban J connectivity index is 2.63. The fourth-order valence-corrected chi connectivity index (χ4v) is 0.842. The van der Waals surface area contributed by atoms with Crippen molar-refractivity contribution in [2.24, 2.45) is 0 Å². The van der Waals surface area contributed by atoms with E-state index in [4.69, 9.17) is 9.84 Å². The first-order valence-electron chi connectivity index (χ1n) is 3.37. The van der Waals surface area contributed by atoms with E-state index in [1.165, 1.54) is 6.92 Å². The molecule has 1 atom stereocenters. The van der Waals surface area contributed by atoms with Gasteiger partial charge in [-0.25, -0.2) is 4.79 Å². The topological polar surface area (TPSA) is 72.8 Å². The third-order valence-electron chi connectivity index (χ3n) is 1.20. The molecule has 1 aliphatic heterocycles. The van der Waals surface area contributed by atoms with Crippen LogP contribution in [0.5, 0.6) is 0 Å². The van der Waals surface area contributed by atoms with Crippen LogP contribution in [0, 0.1) is 0 Å². The molecule has 1 aliphatic rings. The number of carboxylic acids is 1. The lowest BCUT2D eigenvalue weighted by molar-refractivity contribution is -0.169. The molecule has 66 valence electrons. The van der Waals surface area contributed by atoms with E-state index < -0.39 is 18.2 Å². The van der Waals surface area contributed by atoms with Gasteiger partial charge in [-0.15, -0.1) is 0 Å². The Labute approximate surface area is 68.6 Å². The van der Waals surface area contributed by atoms with Crippen molar-refractivity contribution in [1.29, 1.82) is 0 Å². The van der Waals surface area contributed by atoms with Gasteiger partial charge < -0.3 is 14.6 Å². The van der Waals surface area contributed by atoms with E-state index in [1.807, 2.05) is 0 Å². The molecular formula is C7H8O5. The SMILES string of the molecule is CC1OC(=O)C=C(CC(=O)O)O1. The van der Waals surface area contributed by atoms with Gasteiger partial charge in [-0.3, -0.25) is 4.79 Å². The zero-order valence-corrected chi connectivity index (χ0v) is 6.44. The molecule has 0 spiro atoms. The van der Waals surface area contributed by atoms with E-state index in [2.05, 4.69) is 4.74 Å². The molecule has 5 heteroatoms. The summed E-state index contributed by atoms with van der Waals surface area (Å²) in [5.41, 5.74) is 0. The lowest BCUT2D eigenvalue weighted by Gasteiger charge is -2.20. The number of cyclic esters (lactones) is 1. The van der Waals surface area contributed by atoms with Crippen LogP contribution in [-0.4, -0.2) is 23.3 Å². The average molecular weight is 172 g/mol. The van der Waals surface area contributed by atoms with Gasteiger partial charge in [0.2, 0.25) is 6.29 Å². The number of carbonyl (C=O) groups is 2. The summed E-state index contributed by atoms with van der Waals surface area (Å²) < 4.78 is 9.47. The zero-order chi connectivity index (χ0) is 9.14. The largest absolute Gasteiger partial charge is 0.481 e. The van der Waals surface area contributed by atoms with Gasteiger partial charge in [0.05, 0.1) is 6.08 Å². The zero-order valence-electron chi connectivity index (χ0n) is 6.44. The van der Waals surface area contributed by atoms with Crippen LogP contribution < -0.4 is 0 Å². The van der Waals surface area contributed by atoms with Crippen LogP contribution in [-0.2, 0) is 19.1 Å². The highest BCUT2D eigenvalue weighted by atomic mass is 16.7. The summed E-state index contributed by atoms with van der Waals surface area (Å²) in [6, 6.07) is 0. The summed E-state index contributed by atoms with van der Waals surface area (Å²) in [6.07, 6.45) is 0.0462. The van der Waals surface area contributed by atoms with Crippen molar-refractivity contribution in [1.82, 2.24) is 0 Å². The van der Waals surface area contributed by atoms with Crippen LogP contribution in [0.1, 0.15) is 13.3 Å². The number of carbonyl (C=O) groups excluding carboxylic acids is 1. The summed E-state index contributed by atoms with van der Waals surface area (Å²) in [7, 11) is 0. The molecule has 1 N–H and O–H groups in total. The van der Waals surface area contributed by atoms with E-state index in [0.29, 0.717) is 0 Å². The fourth-order valence-electron chi connectivity index (χ4n) is 0.842. The minimum atomic E-state index is -1.04. The quantitative estimate of drug-likeness (QED) is 0.605. The Kier molecular flexibility index (Phi) is 2.32. The highest BCUT2D eigenvalue weighted by Gasteiger charge is 2.19. The van der Waals surface area contributed by atoms with E-state index >= 15 is 0 Å². The first-order chi connectivity index (χ1) is 5.58. The van der Waals surface area contributed by atoms with E-state index in [0.717, 1.165) is 6.08 Å². The summed E-state index contributed by atoms with van der Waals surface area (Å²) in [5.74, 6) is -1.47. The first kappa shape index (κ1) is 8.58. The van der Waals surface area contributed by atoms with Crippen LogP contribution in [0.15, 0.2) is 11.8 Å². The Bertz CT molecular complexity index is 242. The summed E-state index contributed by atoms with van der Waals surface area (Å²) >= 11 is 0. The van der Waals surface area contributed by atoms with Crippen molar-refractivity contribution in [3.8, 4) is 0 Å². The normalized spacial score (nSPS) is 22.2. The molecule has 0 bridgehead atoms. The number of ether oxygens (including phenoxy) is 2. The monoisotopic (exact) mass is 172 g/mol. The predicted octanol–water partition coefficient (Wildman–Crippen LogP) is 0.264. The molecular weight excluding hydrogens is 164 g/mol. The minimum absolute atomic E-state index is 0.131. The maximum Gasteiger partial charge on any atom is 0.337 e. The molecule has 0 aromatic rings. The lowest BCUT2D eigenvalue weighted by Crippen LogP contribution is -2.23. The van der Waals surface area contributed by atoms with Crippen molar-refractivity contribution in [3.05, 3.63) is 11.8 Å². The number of esters is 1. The third-order valence-corrected chi connectivity index (χ3v) is 1.20. The molecule has 0 fully saturated rings. The fraction of sp³-hybridized carbons (Fsp3) is 0.429. The second kappa shape index (κ2) is 3.25. The van der Waals surface area contributed by atoms with Crippen LogP contribution >= 0.6 is 0 Å². The van der Waals surface area contributed by atoms with Gasteiger partial charge in [0.15, 0.2) is 0 Å². The van der Waals surface area contributed by atoms with Gasteiger partial charge in [0, 0.05) is 6.92 Å². The number of hydrogen-bond donors (Lipinski definition) is 1. The average Bonchev–Trinajstić information content (AvgIpc) is 1.81. The molecule has 1 heterocycles. The van der Waals surface area contributed by atoms with Crippen molar-refractivity contribution in [2.45, 2.75) is 19.6 Å². The highest BCUT2D eigenvalue weighted by molar-refractivity contribution is 5.84. The maximum absolute atomic E-state index is 10.7. The van der Waals surface area contributed by atoms with Crippen LogP contribution in [0.25, 0.3) is 0 Å². The Morgan fingerprint density at radius 1 is 1.67 bits per heavy atom. The molecule has 1 rings (SSSR count). The molecule has 5 nitrogen and oxygen atoms in total. The van der Waals surface area contributed by atoms with Crippen molar-refractivity contribution in [2.75, 3.05) is 0 Å².